The van der Waals surface area contributed by atoms with Crippen molar-refractivity contribution in [2.75, 3.05) is 14.2 Å². The summed E-state index contributed by atoms with van der Waals surface area (Å²) in [6.07, 6.45) is 10.8. The number of phenols is 2. The highest BCUT2D eigenvalue weighted by molar-refractivity contribution is 6.02. The first-order valence-electron chi connectivity index (χ1n) is 9.26. The van der Waals surface area contributed by atoms with Crippen molar-refractivity contribution in [3.05, 3.63) is 11.6 Å². The van der Waals surface area contributed by atoms with Crippen LogP contribution in [0.5, 0.6) is 23.0 Å². The van der Waals surface area contributed by atoms with Crippen molar-refractivity contribution in [3.8, 4) is 23.0 Å². The highest BCUT2D eigenvalue weighted by Crippen LogP contribution is 2.44. The van der Waals surface area contributed by atoms with E-state index in [4.69, 9.17) is 9.47 Å². The van der Waals surface area contributed by atoms with Crippen LogP contribution in [0.1, 0.15) is 81.5 Å². The SMILES string of the molecule is CCCCCCCCCCCC(=O)c1c(O)cc(OC)c(OC)c1O. The summed E-state index contributed by atoms with van der Waals surface area (Å²) in [7, 11) is 2.78. The molecule has 0 aliphatic carbocycles. The quantitative estimate of drug-likeness (QED) is 0.376. The fourth-order valence-electron chi connectivity index (χ4n) is 2.96. The Morgan fingerprint density at radius 3 is 2.00 bits per heavy atom. The molecule has 0 unspecified atom stereocenters. The molecule has 5 heteroatoms. The molecule has 25 heavy (non-hydrogen) atoms. The average molecular weight is 352 g/mol. The van der Waals surface area contributed by atoms with E-state index in [-0.39, 0.29) is 34.3 Å². The van der Waals surface area contributed by atoms with Gasteiger partial charge in [-0.15, -0.1) is 0 Å². The Bertz CT molecular complexity index is 539. The lowest BCUT2D eigenvalue weighted by Gasteiger charge is -2.14. The number of rotatable bonds is 13. The number of aromatic hydroxyl groups is 2. The van der Waals surface area contributed by atoms with Crippen LogP contribution in [0.2, 0.25) is 0 Å². The van der Waals surface area contributed by atoms with Gasteiger partial charge < -0.3 is 19.7 Å². The van der Waals surface area contributed by atoms with Crippen LogP contribution in [0.3, 0.4) is 0 Å². The summed E-state index contributed by atoms with van der Waals surface area (Å²) in [6, 6.07) is 1.29. The van der Waals surface area contributed by atoms with Gasteiger partial charge in [0.15, 0.2) is 17.3 Å². The molecule has 0 saturated heterocycles. The minimum Gasteiger partial charge on any atom is -0.507 e. The van der Waals surface area contributed by atoms with Crippen LogP contribution in [0.4, 0.5) is 0 Å². The summed E-state index contributed by atoms with van der Waals surface area (Å²) in [5.41, 5.74) is -0.0859. The Morgan fingerprint density at radius 1 is 0.920 bits per heavy atom. The Hall–Kier alpha value is -1.91. The number of ketones is 1. The third-order valence-electron chi connectivity index (χ3n) is 4.41. The molecule has 1 aromatic rings. The van der Waals surface area contributed by atoms with E-state index in [1.54, 1.807) is 0 Å². The highest BCUT2D eigenvalue weighted by Gasteiger charge is 2.23. The fourth-order valence-corrected chi connectivity index (χ4v) is 2.96. The summed E-state index contributed by atoms with van der Waals surface area (Å²) < 4.78 is 10.1. The zero-order valence-corrected chi connectivity index (χ0v) is 15.8. The Kier molecular flexibility index (Phi) is 9.81. The van der Waals surface area contributed by atoms with E-state index in [1.807, 2.05) is 0 Å². The molecule has 1 aromatic carbocycles. The number of carbonyl (C=O) groups is 1. The van der Waals surface area contributed by atoms with Gasteiger partial charge in [0.1, 0.15) is 11.3 Å². The molecular weight excluding hydrogens is 320 g/mol. The highest BCUT2D eigenvalue weighted by atomic mass is 16.5. The van der Waals surface area contributed by atoms with Gasteiger partial charge in [0.25, 0.3) is 0 Å². The molecule has 0 saturated carbocycles. The molecule has 2 N–H and O–H groups in total. The monoisotopic (exact) mass is 352 g/mol. The number of Topliss-reactive ketones (excluding diaryl/α,β-unsaturated/α-hetero) is 1. The number of hydrogen-bond donors (Lipinski definition) is 2. The van der Waals surface area contributed by atoms with Crippen LogP contribution < -0.4 is 9.47 Å². The molecule has 5 nitrogen and oxygen atoms in total. The number of ether oxygens (including phenoxy) is 2. The van der Waals surface area contributed by atoms with Crippen molar-refractivity contribution >= 4 is 5.78 Å². The van der Waals surface area contributed by atoms with Gasteiger partial charge in [-0.05, 0) is 6.42 Å². The van der Waals surface area contributed by atoms with Gasteiger partial charge in [0.2, 0.25) is 5.75 Å². The van der Waals surface area contributed by atoms with E-state index in [2.05, 4.69) is 6.92 Å². The van der Waals surface area contributed by atoms with Crippen LogP contribution in [0.25, 0.3) is 0 Å². The molecular formula is C20H32O5. The van der Waals surface area contributed by atoms with Crippen LogP contribution in [-0.2, 0) is 0 Å². The lowest BCUT2D eigenvalue weighted by Crippen LogP contribution is -2.03. The van der Waals surface area contributed by atoms with Crippen LogP contribution in [0, 0.1) is 0 Å². The Morgan fingerprint density at radius 2 is 1.48 bits per heavy atom. The minimum atomic E-state index is -0.361. The third kappa shape index (κ3) is 6.48. The molecule has 0 amide bonds. The second-order valence-electron chi connectivity index (χ2n) is 6.36. The molecule has 0 heterocycles. The van der Waals surface area contributed by atoms with Crippen LogP contribution >= 0.6 is 0 Å². The first-order chi connectivity index (χ1) is 12.1. The van der Waals surface area contributed by atoms with Crippen molar-refractivity contribution < 1.29 is 24.5 Å². The first-order valence-corrected chi connectivity index (χ1v) is 9.26. The van der Waals surface area contributed by atoms with Gasteiger partial charge in [0.05, 0.1) is 14.2 Å². The van der Waals surface area contributed by atoms with E-state index in [9.17, 15) is 15.0 Å². The van der Waals surface area contributed by atoms with Crippen molar-refractivity contribution in [1.82, 2.24) is 0 Å². The number of phenolic OH excluding ortho intramolecular Hbond substituents is 2. The van der Waals surface area contributed by atoms with Crippen molar-refractivity contribution in [2.45, 2.75) is 71.1 Å². The number of methoxy groups -OCH3 is 2. The fraction of sp³-hybridized carbons (Fsp3) is 0.650. The van der Waals surface area contributed by atoms with Gasteiger partial charge >= 0.3 is 0 Å². The largest absolute Gasteiger partial charge is 0.507 e. The van der Waals surface area contributed by atoms with Crippen LogP contribution in [-0.4, -0.2) is 30.2 Å². The Balaban J connectivity index is 2.45. The summed E-state index contributed by atoms with van der Waals surface area (Å²) in [5.74, 6) is -0.664. The maximum absolute atomic E-state index is 12.3. The molecule has 1 rings (SSSR count). The second-order valence-corrected chi connectivity index (χ2v) is 6.36. The van der Waals surface area contributed by atoms with Gasteiger partial charge in [0, 0.05) is 12.5 Å². The Labute approximate surface area is 151 Å². The molecule has 0 radical (unpaired) electrons. The predicted octanol–water partition coefficient (Wildman–Crippen LogP) is 5.22. The lowest BCUT2D eigenvalue weighted by molar-refractivity contribution is 0.0973. The number of unbranched alkanes of at least 4 members (excludes halogenated alkanes) is 8. The smallest absolute Gasteiger partial charge is 0.204 e. The minimum absolute atomic E-state index is 0.0655. The van der Waals surface area contributed by atoms with Crippen molar-refractivity contribution in [3.63, 3.8) is 0 Å². The molecule has 0 aliphatic rings. The van der Waals surface area contributed by atoms with Gasteiger partial charge in [-0.3, -0.25) is 4.79 Å². The zero-order chi connectivity index (χ0) is 18.7. The van der Waals surface area contributed by atoms with Crippen LogP contribution in [0.15, 0.2) is 6.07 Å². The number of carbonyl (C=O) groups excluding carboxylic acids is 1. The van der Waals surface area contributed by atoms with Gasteiger partial charge in [-0.1, -0.05) is 58.3 Å². The lowest BCUT2D eigenvalue weighted by atomic mass is 10.0. The number of benzene rings is 1. The standard InChI is InChI=1S/C20H32O5/c1-4-5-6-7-8-9-10-11-12-13-15(21)18-16(22)14-17(24-2)20(25-3)19(18)23/h14,22-23H,4-13H2,1-3H3. The second kappa shape index (κ2) is 11.6. The van der Waals surface area contributed by atoms with Gasteiger partial charge in [-0.25, -0.2) is 0 Å². The first kappa shape index (κ1) is 21.1. The normalized spacial score (nSPS) is 10.7. The average Bonchev–Trinajstić information content (AvgIpc) is 2.59. The maximum Gasteiger partial charge on any atom is 0.204 e. The van der Waals surface area contributed by atoms with E-state index < -0.39 is 0 Å². The zero-order valence-electron chi connectivity index (χ0n) is 15.8. The summed E-state index contributed by atoms with van der Waals surface area (Å²) in [6.45, 7) is 2.21. The molecule has 0 atom stereocenters. The van der Waals surface area contributed by atoms with E-state index in [1.165, 1.54) is 58.8 Å². The van der Waals surface area contributed by atoms with Crippen molar-refractivity contribution in [1.29, 1.82) is 0 Å². The topological polar surface area (TPSA) is 76.0 Å². The maximum atomic E-state index is 12.3. The molecule has 0 fully saturated rings. The van der Waals surface area contributed by atoms with E-state index >= 15 is 0 Å². The summed E-state index contributed by atoms with van der Waals surface area (Å²) >= 11 is 0. The molecule has 0 aliphatic heterocycles. The van der Waals surface area contributed by atoms with E-state index in [0.717, 1.165) is 19.3 Å². The summed E-state index contributed by atoms with van der Waals surface area (Å²) in [5, 5.41) is 20.2. The summed E-state index contributed by atoms with van der Waals surface area (Å²) in [4.78, 5) is 12.3. The van der Waals surface area contributed by atoms with Gasteiger partial charge in [-0.2, -0.15) is 0 Å². The molecule has 142 valence electrons. The third-order valence-corrected chi connectivity index (χ3v) is 4.41. The molecule has 0 aromatic heterocycles. The molecule has 0 bridgehead atoms. The van der Waals surface area contributed by atoms with Crippen molar-refractivity contribution in [2.24, 2.45) is 0 Å². The van der Waals surface area contributed by atoms with E-state index in [0.29, 0.717) is 6.42 Å². The molecule has 0 spiro atoms. The predicted molar refractivity (Wildman–Crippen MR) is 99.1 cm³/mol. The number of hydrogen-bond acceptors (Lipinski definition) is 5.